The summed E-state index contributed by atoms with van der Waals surface area (Å²) in [7, 11) is 0. The summed E-state index contributed by atoms with van der Waals surface area (Å²) in [4.78, 5) is 20.5. The van der Waals surface area contributed by atoms with Crippen molar-refractivity contribution in [2.24, 2.45) is 0 Å². The predicted octanol–water partition coefficient (Wildman–Crippen LogP) is 6.38. The number of nitrogens with one attached hydrogen (secondary N) is 1. The summed E-state index contributed by atoms with van der Waals surface area (Å²) in [5, 5.41) is 2.98. The summed E-state index contributed by atoms with van der Waals surface area (Å²) in [6.07, 6.45) is 1.03. The van der Waals surface area contributed by atoms with E-state index in [1.54, 1.807) is 43.6 Å². The zero-order valence-corrected chi connectivity index (χ0v) is 18.3. The summed E-state index contributed by atoms with van der Waals surface area (Å²) in [5.41, 5.74) is 1.50. The van der Waals surface area contributed by atoms with E-state index in [1.165, 1.54) is 24.3 Å². The molecule has 1 heterocycles. The minimum Gasteiger partial charge on any atom is -0.345 e. The molecule has 3 rings (SSSR count). The lowest BCUT2D eigenvalue weighted by Crippen LogP contribution is -2.24. The maximum atomic E-state index is 13.6. The van der Waals surface area contributed by atoms with Gasteiger partial charge in [-0.1, -0.05) is 47.5 Å². The molecule has 0 spiro atoms. The largest absolute Gasteiger partial charge is 0.399 e. The summed E-state index contributed by atoms with van der Waals surface area (Å²) in [6.45, 7) is 1.87. The minimum absolute atomic E-state index is 0.0536. The molecule has 1 unspecified atom stereocenters. The second-order valence-electron chi connectivity index (χ2n) is 7.00. The highest BCUT2D eigenvalue weighted by molar-refractivity contribution is 6.34. The van der Waals surface area contributed by atoms with Gasteiger partial charge in [-0.3, -0.25) is 4.79 Å². The fourth-order valence-electron chi connectivity index (χ4n) is 3.09. The van der Waals surface area contributed by atoms with Crippen molar-refractivity contribution in [3.8, 4) is 0 Å². The number of carbonyl (C=O) groups excluding carboxylic acids is 1. The zero-order valence-electron chi connectivity index (χ0n) is 16.8. The molecule has 0 aliphatic rings. The summed E-state index contributed by atoms with van der Waals surface area (Å²) >= 11 is 11.7. The Bertz CT molecular complexity index is 1110. The molecule has 4 nitrogen and oxygen atoms in total. The number of aromatic nitrogens is 2. The number of alkyl halides is 3. The first-order valence-electron chi connectivity index (χ1n) is 9.49. The van der Waals surface area contributed by atoms with Gasteiger partial charge in [0.1, 0.15) is 5.82 Å². The molecule has 0 saturated heterocycles. The van der Waals surface area contributed by atoms with Crippen LogP contribution in [0.3, 0.4) is 0 Å². The van der Waals surface area contributed by atoms with Crippen molar-refractivity contribution < 1.29 is 18.0 Å². The quantitative estimate of drug-likeness (QED) is 0.446. The van der Waals surface area contributed by atoms with Gasteiger partial charge in [0, 0.05) is 28.0 Å². The van der Waals surface area contributed by atoms with Crippen LogP contribution >= 0.6 is 23.2 Å². The summed E-state index contributed by atoms with van der Waals surface area (Å²) in [6, 6.07) is 10.3. The average molecular weight is 480 g/mol. The Labute approximate surface area is 193 Å². The highest BCUT2D eigenvalue weighted by Crippen LogP contribution is 2.38. The number of aryl methyl sites for hydroxylation is 1. The van der Waals surface area contributed by atoms with Crippen LogP contribution in [0.25, 0.3) is 6.08 Å². The van der Waals surface area contributed by atoms with Crippen LogP contribution in [-0.2, 0) is 6.54 Å². The molecule has 0 fully saturated rings. The molecule has 0 saturated carbocycles. The van der Waals surface area contributed by atoms with Gasteiger partial charge in [0.2, 0.25) is 0 Å². The second kappa shape index (κ2) is 10.1. The molecular weight excluding hydrogens is 462 g/mol. The fourth-order valence-corrected chi connectivity index (χ4v) is 3.64. The molecule has 0 aliphatic heterocycles. The molecule has 166 valence electrons. The SMILES string of the molecule is Cc1cc(/C=C/C(c2cc(Cl)cc(Cl)c2)C(F)(F)F)ccc1C(=O)NCc1ncccn1. The molecule has 1 atom stereocenters. The number of amides is 1. The van der Waals surface area contributed by atoms with Crippen LogP contribution in [0.5, 0.6) is 0 Å². The number of halogens is 5. The normalized spacial score (nSPS) is 12.7. The van der Waals surface area contributed by atoms with E-state index in [2.05, 4.69) is 15.3 Å². The van der Waals surface area contributed by atoms with Crippen molar-refractivity contribution in [2.45, 2.75) is 25.6 Å². The molecule has 1 N–H and O–H groups in total. The third kappa shape index (κ3) is 6.31. The van der Waals surface area contributed by atoms with E-state index < -0.39 is 12.1 Å². The van der Waals surface area contributed by atoms with Gasteiger partial charge in [0.25, 0.3) is 5.91 Å². The van der Waals surface area contributed by atoms with E-state index in [-0.39, 0.29) is 28.1 Å². The third-order valence-corrected chi connectivity index (χ3v) is 5.04. The van der Waals surface area contributed by atoms with E-state index in [0.717, 1.165) is 6.08 Å². The number of benzene rings is 2. The maximum Gasteiger partial charge on any atom is 0.399 e. The Kier molecular flexibility index (Phi) is 7.53. The number of hydrogen-bond acceptors (Lipinski definition) is 3. The molecule has 3 aromatic rings. The lowest BCUT2D eigenvalue weighted by Gasteiger charge is -2.18. The molecule has 9 heteroatoms. The third-order valence-electron chi connectivity index (χ3n) is 4.60. The van der Waals surface area contributed by atoms with Crippen LogP contribution in [0, 0.1) is 6.92 Å². The molecular formula is C23H18Cl2F3N3O. The van der Waals surface area contributed by atoms with Crippen LogP contribution in [0.1, 0.15) is 38.8 Å². The van der Waals surface area contributed by atoms with Gasteiger partial charge >= 0.3 is 6.18 Å². The average Bonchev–Trinajstić information content (AvgIpc) is 2.71. The number of rotatable bonds is 6. The van der Waals surface area contributed by atoms with Gasteiger partial charge in [0.05, 0.1) is 12.5 Å². The number of nitrogens with zero attached hydrogens (tertiary/aromatic N) is 2. The lowest BCUT2D eigenvalue weighted by atomic mass is 9.96. The van der Waals surface area contributed by atoms with Crippen LogP contribution < -0.4 is 5.32 Å². The zero-order chi connectivity index (χ0) is 23.3. The van der Waals surface area contributed by atoms with Crippen LogP contribution in [-0.4, -0.2) is 22.1 Å². The Balaban J connectivity index is 1.77. The van der Waals surface area contributed by atoms with E-state index in [4.69, 9.17) is 23.2 Å². The Hall–Kier alpha value is -2.90. The molecule has 32 heavy (non-hydrogen) atoms. The Morgan fingerprint density at radius 2 is 1.75 bits per heavy atom. The summed E-state index contributed by atoms with van der Waals surface area (Å²) in [5.74, 6) is -1.74. The molecule has 0 radical (unpaired) electrons. The lowest BCUT2D eigenvalue weighted by molar-refractivity contribution is -0.139. The van der Waals surface area contributed by atoms with Gasteiger partial charge < -0.3 is 5.32 Å². The number of carbonyl (C=O) groups is 1. The molecule has 2 aromatic carbocycles. The maximum absolute atomic E-state index is 13.6. The topological polar surface area (TPSA) is 54.9 Å². The fraction of sp³-hybridized carbons (Fsp3) is 0.174. The van der Waals surface area contributed by atoms with Crippen molar-refractivity contribution in [3.63, 3.8) is 0 Å². The molecule has 1 aromatic heterocycles. The molecule has 0 aliphatic carbocycles. The summed E-state index contributed by atoms with van der Waals surface area (Å²) < 4.78 is 40.9. The predicted molar refractivity (Wildman–Crippen MR) is 119 cm³/mol. The Morgan fingerprint density at radius 1 is 1.09 bits per heavy atom. The van der Waals surface area contributed by atoms with Gasteiger partial charge in [-0.05, 0) is 53.9 Å². The highest BCUT2D eigenvalue weighted by atomic mass is 35.5. The first kappa shape index (κ1) is 23.8. The van der Waals surface area contributed by atoms with E-state index in [1.807, 2.05) is 0 Å². The van der Waals surface area contributed by atoms with Crippen LogP contribution in [0.2, 0.25) is 10.0 Å². The number of allylic oxidation sites excluding steroid dienone is 1. The molecule has 0 bridgehead atoms. The van der Waals surface area contributed by atoms with Gasteiger partial charge in [0.15, 0.2) is 0 Å². The van der Waals surface area contributed by atoms with Crippen molar-refractivity contribution in [1.82, 2.24) is 15.3 Å². The standard InChI is InChI=1S/C23H18Cl2F3N3O/c1-14-9-15(3-5-19(14)22(32)31-13-21-29-7-2-8-30-21)4-6-20(23(26,27)28)16-10-17(24)12-18(25)11-16/h2-12,20H,13H2,1H3,(H,31,32)/b6-4+. The monoisotopic (exact) mass is 479 g/mol. The first-order valence-corrected chi connectivity index (χ1v) is 10.2. The van der Waals surface area contributed by atoms with Crippen LogP contribution in [0.4, 0.5) is 13.2 Å². The molecule has 1 amide bonds. The van der Waals surface area contributed by atoms with E-state index in [9.17, 15) is 18.0 Å². The van der Waals surface area contributed by atoms with E-state index >= 15 is 0 Å². The minimum atomic E-state index is -4.53. The van der Waals surface area contributed by atoms with Gasteiger partial charge in [-0.2, -0.15) is 13.2 Å². The number of hydrogen-bond donors (Lipinski definition) is 1. The smallest absolute Gasteiger partial charge is 0.345 e. The van der Waals surface area contributed by atoms with Crippen molar-refractivity contribution in [1.29, 1.82) is 0 Å². The Morgan fingerprint density at radius 3 is 2.34 bits per heavy atom. The van der Waals surface area contributed by atoms with Crippen LogP contribution in [0.15, 0.2) is 60.9 Å². The van der Waals surface area contributed by atoms with Crippen molar-refractivity contribution in [3.05, 3.63) is 99.1 Å². The van der Waals surface area contributed by atoms with E-state index in [0.29, 0.717) is 22.5 Å². The first-order chi connectivity index (χ1) is 15.1. The van der Waals surface area contributed by atoms with Crippen molar-refractivity contribution >= 4 is 35.2 Å². The second-order valence-corrected chi connectivity index (χ2v) is 7.88. The van der Waals surface area contributed by atoms with Crippen molar-refractivity contribution in [2.75, 3.05) is 0 Å². The van der Waals surface area contributed by atoms with Gasteiger partial charge in [-0.25, -0.2) is 9.97 Å². The van der Waals surface area contributed by atoms with Gasteiger partial charge in [-0.15, -0.1) is 0 Å². The highest BCUT2D eigenvalue weighted by Gasteiger charge is 2.39.